The molecular formula is C30H22N4O4S. The van der Waals surface area contributed by atoms with E-state index in [-0.39, 0.29) is 23.5 Å². The van der Waals surface area contributed by atoms with Gasteiger partial charge in [0.25, 0.3) is 0 Å². The van der Waals surface area contributed by atoms with Crippen LogP contribution in [0.25, 0.3) is 0 Å². The van der Waals surface area contributed by atoms with Gasteiger partial charge in [-0.1, -0.05) is 53.9 Å². The summed E-state index contributed by atoms with van der Waals surface area (Å²) in [5.41, 5.74) is 3.85. The van der Waals surface area contributed by atoms with Gasteiger partial charge in [0.15, 0.2) is 16.9 Å². The number of ether oxygens (including phenoxy) is 2. The first-order valence-corrected chi connectivity index (χ1v) is 12.6. The van der Waals surface area contributed by atoms with Gasteiger partial charge in [-0.2, -0.15) is 15.8 Å². The van der Waals surface area contributed by atoms with Crippen molar-refractivity contribution in [3.8, 4) is 24.0 Å². The van der Waals surface area contributed by atoms with Gasteiger partial charge in [0.1, 0.15) is 34.6 Å². The van der Waals surface area contributed by atoms with Crippen molar-refractivity contribution < 1.29 is 19.4 Å². The minimum absolute atomic E-state index is 0.0184. The van der Waals surface area contributed by atoms with Gasteiger partial charge in [-0.3, -0.25) is 4.79 Å². The van der Waals surface area contributed by atoms with Crippen molar-refractivity contribution in [2.75, 3.05) is 18.1 Å². The van der Waals surface area contributed by atoms with Crippen molar-refractivity contribution in [1.82, 2.24) is 0 Å². The highest BCUT2D eigenvalue weighted by molar-refractivity contribution is 8.03. The lowest BCUT2D eigenvalue weighted by Gasteiger charge is -2.27. The molecule has 1 unspecified atom stereocenters. The average molecular weight is 535 g/mol. The van der Waals surface area contributed by atoms with Crippen LogP contribution in [0.2, 0.25) is 0 Å². The van der Waals surface area contributed by atoms with Gasteiger partial charge in [-0.15, -0.1) is 0 Å². The molecule has 0 saturated carbocycles. The number of fused-ring (bicyclic) bond motifs is 1. The molecule has 2 aromatic carbocycles. The number of carbonyl (C=O) groups excluding carboxylic acids is 1. The summed E-state index contributed by atoms with van der Waals surface area (Å²) in [4.78, 5) is 14.3. The largest absolute Gasteiger partial charge is 0.474 e. The predicted molar refractivity (Wildman–Crippen MR) is 145 cm³/mol. The third-order valence-corrected chi connectivity index (χ3v) is 7.14. The lowest BCUT2D eigenvalue weighted by atomic mass is 9.86. The van der Waals surface area contributed by atoms with Crippen molar-refractivity contribution >= 4 is 23.4 Å². The van der Waals surface area contributed by atoms with Gasteiger partial charge >= 0.3 is 5.97 Å². The number of para-hydroxylation sites is 1. The number of nitrogens with zero attached hydrogens (tertiary/aromatic N) is 4. The molecule has 1 N–H and O–H groups in total. The molecule has 9 heteroatoms. The second-order valence-electron chi connectivity index (χ2n) is 8.50. The SMILES string of the molecule is CC(=O)Oc1ccc(C2(C)OC(=C(C#N)C#N)C(C#N)=C2C=CC=C=C2Sc3ccccc3N2CCO)cc1. The molecule has 0 saturated heterocycles. The monoisotopic (exact) mass is 534 g/mol. The lowest BCUT2D eigenvalue weighted by molar-refractivity contribution is -0.131. The quantitative estimate of drug-likeness (QED) is 0.176. The smallest absolute Gasteiger partial charge is 0.308 e. The summed E-state index contributed by atoms with van der Waals surface area (Å²) in [7, 11) is 0. The van der Waals surface area contributed by atoms with E-state index < -0.39 is 11.6 Å². The highest BCUT2D eigenvalue weighted by Crippen LogP contribution is 2.47. The summed E-state index contributed by atoms with van der Waals surface area (Å²) in [6.45, 7) is 3.44. The van der Waals surface area contributed by atoms with E-state index in [1.54, 1.807) is 61.6 Å². The molecule has 2 heterocycles. The number of β-amino-alcohol motifs (C(OH)–C–C–N with tert-alkyl or cyclic N) is 1. The van der Waals surface area contributed by atoms with E-state index >= 15 is 0 Å². The van der Waals surface area contributed by atoms with Gasteiger partial charge in [0.05, 0.1) is 12.3 Å². The second kappa shape index (κ2) is 11.6. The molecule has 0 aromatic heterocycles. The summed E-state index contributed by atoms with van der Waals surface area (Å²) in [5.74, 6) is -0.204. The molecule has 0 spiro atoms. The number of nitriles is 3. The Morgan fingerprint density at radius 1 is 1.15 bits per heavy atom. The van der Waals surface area contributed by atoms with Crippen molar-refractivity contribution in [3.05, 3.63) is 106 Å². The third kappa shape index (κ3) is 5.36. The van der Waals surface area contributed by atoms with Crippen LogP contribution in [0.15, 0.2) is 105 Å². The maximum absolute atomic E-state index is 11.3. The maximum Gasteiger partial charge on any atom is 0.308 e. The Morgan fingerprint density at radius 2 is 1.87 bits per heavy atom. The first-order valence-electron chi connectivity index (χ1n) is 11.8. The average Bonchev–Trinajstić information content (AvgIpc) is 3.42. The highest BCUT2D eigenvalue weighted by Gasteiger charge is 2.43. The fourth-order valence-corrected chi connectivity index (χ4v) is 5.34. The molecule has 2 aromatic rings. The van der Waals surface area contributed by atoms with Crippen LogP contribution < -0.4 is 9.64 Å². The zero-order chi connectivity index (χ0) is 28.0. The maximum atomic E-state index is 11.3. The molecule has 2 aliphatic heterocycles. The van der Waals surface area contributed by atoms with Gasteiger partial charge < -0.3 is 19.5 Å². The number of aliphatic hydroxyl groups is 1. The van der Waals surface area contributed by atoms with Crippen molar-refractivity contribution in [1.29, 1.82) is 15.8 Å². The van der Waals surface area contributed by atoms with Crippen LogP contribution in [-0.2, 0) is 15.1 Å². The number of thioether (sulfide) groups is 1. The Hall–Kier alpha value is -4.97. The van der Waals surface area contributed by atoms with E-state index in [9.17, 15) is 25.7 Å². The van der Waals surface area contributed by atoms with Crippen molar-refractivity contribution in [2.45, 2.75) is 24.3 Å². The normalized spacial score (nSPS) is 17.6. The number of esters is 1. The molecule has 0 aliphatic carbocycles. The predicted octanol–water partition coefficient (Wildman–Crippen LogP) is 5.14. The van der Waals surface area contributed by atoms with E-state index in [2.05, 4.69) is 11.8 Å². The standard InChI is InChI=1S/C30H22N4O4S/c1-20(36)37-23-13-11-22(12-14-23)30(2)25(24(19-33)29(38-30)21(17-31)18-32)7-3-6-10-28-34(15-16-35)26-8-4-5-9-27(26)39-28/h3-9,11-14,35H,15-16H2,1-2H3. The van der Waals surface area contributed by atoms with Gasteiger partial charge in [0.2, 0.25) is 0 Å². The Labute approximate surface area is 230 Å². The Kier molecular flexibility index (Phi) is 8.06. The third-order valence-electron chi connectivity index (χ3n) is 6.04. The van der Waals surface area contributed by atoms with Crippen LogP contribution in [0.4, 0.5) is 5.69 Å². The Balaban J connectivity index is 1.76. The Morgan fingerprint density at radius 3 is 2.51 bits per heavy atom. The first kappa shape index (κ1) is 27.1. The molecule has 2 aliphatic rings. The zero-order valence-corrected chi connectivity index (χ0v) is 22.0. The molecule has 4 rings (SSSR count). The van der Waals surface area contributed by atoms with Crippen LogP contribution >= 0.6 is 11.8 Å². The number of allylic oxidation sites excluding steroid dienone is 4. The number of rotatable bonds is 6. The van der Waals surface area contributed by atoms with E-state index in [1.807, 2.05) is 29.2 Å². The van der Waals surface area contributed by atoms with E-state index in [1.165, 1.54) is 18.7 Å². The van der Waals surface area contributed by atoms with Crippen molar-refractivity contribution in [2.24, 2.45) is 0 Å². The minimum Gasteiger partial charge on any atom is -0.474 e. The van der Waals surface area contributed by atoms with E-state index in [0.717, 1.165) is 15.6 Å². The summed E-state index contributed by atoms with van der Waals surface area (Å²) >= 11 is 1.54. The molecule has 192 valence electrons. The topological polar surface area (TPSA) is 130 Å². The molecule has 0 amide bonds. The second-order valence-corrected chi connectivity index (χ2v) is 9.53. The molecule has 1 atom stereocenters. The molecule has 39 heavy (non-hydrogen) atoms. The molecule has 0 fully saturated rings. The fraction of sp³-hybridized carbons (Fsp3) is 0.167. The summed E-state index contributed by atoms with van der Waals surface area (Å²) in [6, 6.07) is 20.2. The summed E-state index contributed by atoms with van der Waals surface area (Å²) < 4.78 is 11.3. The van der Waals surface area contributed by atoms with Crippen LogP contribution in [-0.4, -0.2) is 24.2 Å². The van der Waals surface area contributed by atoms with Crippen LogP contribution in [0.1, 0.15) is 19.4 Å². The van der Waals surface area contributed by atoms with Gasteiger partial charge in [0, 0.05) is 23.9 Å². The van der Waals surface area contributed by atoms with Crippen LogP contribution in [0.3, 0.4) is 0 Å². The number of benzene rings is 2. The number of anilines is 1. The first-order chi connectivity index (χ1) is 18.9. The number of hydrogen-bond acceptors (Lipinski definition) is 9. The van der Waals surface area contributed by atoms with Crippen molar-refractivity contribution in [3.63, 3.8) is 0 Å². The van der Waals surface area contributed by atoms with E-state index in [0.29, 0.717) is 23.4 Å². The lowest BCUT2D eigenvalue weighted by Crippen LogP contribution is -2.23. The molecule has 0 bridgehead atoms. The minimum atomic E-state index is -1.22. The van der Waals surface area contributed by atoms with Crippen LogP contribution in [0, 0.1) is 34.0 Å². The number of hydrogen-bond donors (Lipinski definition) is 1. The highest BCUT2D eigenvalue weighted by atomic mass is 32.2. The molecular weight excluding hydrogens is 512 g/mol. The fourth-order valence-electron chi connectivity index (χ4n) is 4.28. The Bertz CT molecular complexity index is 1590. The molecule has 0 radical (unpaired) electrons. The molecule has 8 nitrogen and oxygen atoms in total. The number of aliphatic hydroxyl groups excluding tert-OH is 1. The zero-order valence-electron chi connectivity index (χ0n) is 21.1. The summed E-state index contributed by atoms with van der Waals surface area (Å²) in [5, 5.41) is 39.3. The van der Waals surface area contributed by atoms with Gasteiger partial charge in [-0.05, 0) is 42.8 Å². The van der Waals surface area contributed by atoms with Crippen LogP contribution in [0.5, 0.6) is 5.75 Å². The number of carbonyl (C=O) groups is 1. The van der Waals surface area contributed by atoms with E-state index in [4.69, 9.17) is 9.47 Å². The summed E-state index contributed by atoms with van der Waals surface area (Å²) in [6.07, 6.45) is 5.09. The van der Waals surface area contributed by atoms with Gasteiger partial charge in [-0.25, -0.2) is 0 Å².